The SMILES string of the molecule is O=C(O)Cc1c(OC(F)(F)F)cc(CCl)nc1C(F)(F)F. The molecule has 0 aliphatic heterocycles. The number of nitrogens with zero attached hydrogens (tertiary/aromatic N) is 1. The lowest BCUT2D eigenvalue weighted by atomic mass is 10.1. The summed E-state index contributed by atoms with van der Waals surface area (Å²) in [6.07, 6.45) is -11.8. The Hall–Kier alpha value is -1.71. The molecule has 21 heavy (non-hydrogen) atoms. The van der Waals surface area contributed by atoms with Crippen LogP contribution < -0.4 is 4.74 Å². The maximum absolute atomic E-state index is 12.8. The molecular formula is C10H6ClF6NO3. The Kier molecular flexibility index (Phi) is 4.92. The summed E-state index contributed by atoms with van der Waals surface area (Å²) in [5.74, 6) is -3.67. The van der Waals surface area contributed by atoms with Crippen molar-refractivity contribution in [2.75, 3.05) is 0 Å². The third-order valence-corrected chi connectivity index (χ3v) is 2.37. The average molecular weight is 338 g/mol. The molecule has 1 N–H and O–H groups in total. The lowest BCUT2D eigenvalue weighted by Gasteiger charge is -2.17. The first-order valence-corrected chi connectivity index (χ1v) is 5.61. The Bertz CT molecular complexity index is 543. The number of hydrogen-bond acceptors (Lipinski definition) is 3. The summed E-state index contributed by atoms with van der Waals surface area (Å²) >= 11 is 5.27. The fourth-order valence-corrected chi connectivity index (χ4v) is 1.58. The number of pyridine rings is 1. The maximum Gasteiger partial charge on any atom is 0.573 e. The fourth-order valence-electron chi connectivity index (χ4n) is 1.44. The van der Waals surface area contributed by atoms with Crippen molar-refractivity contribution in [2.24, 2.45) is 0 Å². The minimum absolute atomic E-state index is 0.522. The molecule has 0 atom stereocenters. The first-order chi connectivity index (χ1) is 9.44. The van der Waals surface area contributed by atoms with Crippen molar-refractivity contribution in [3.8, 4) is 5.75 Å². The monoisotopic (exact) mass is 337 g/mol. The van der Waals surface area contributed by atoms with Gasteiger partial charge in [0.2, 0.25) is 0 Å². The topological polar surface area (TPSA) is 59.4 Å². The van der Waals surface area contributed by atoms with Gasteiger partial charge >= 0.3 is 18.5 Å². The van der Waals surface area contributed by atoms with Crippen molar-refractivity contribution in [2.45, 2.75) is 24.8 Å². The number of carboxylic acid groups (broad SMARTS) is 1. The number of hydrogen-bond donors (Lipinski definition) is 1. The van der Waals surface area contributed by atoms with Gasteiger partial charge in [-0.2, -0.15) is 13.2 Å². The summed E-state index contributed by atoms with van der Waals surface area (Å²) in [6.45, 7) is 0. The minimum Gasteiger partial charge on any atom is -0.481 e. The normalized spacial score (nSPS) is 12.3. The smallest absolute Gasteiger partial charge is 0.481 e. The molecule has 0 unspecified atom stereocenters. The summed E-state index contributed by atoms with van der Waals surface area (Å²) in [6, 6.07) is 0.522. The molecule has 0 fully saturated rings. The Morgan fingerprint density at radius 3 is 2.24 bits per heavy atom. The third kappa shape index (κ3) is 4.96. The number of alkyl halides is 7. The van der Waals surface area contributed by atoms with E-state index in [4.69, 9.17) is 16.7 Å². The summed E-state index contributed by atoms with van der Waals surface area (Å²) in [4.78, 5) is 13.6. The lowest BCUT2D eigenvalue weighted by Crippen LogP contribution is -2.22. The van der Waals surface area contributed by atoms with Gasteiger partial charge in [-0.15, -0.1) is 24.8 Å². The molecule has 0 aromatic carbocycles. The molecule has 0 saturated carbocycles. The number of aliphatic carboxylic acids is 1. The van der Waals surface area contributed by atoms with E-state index in [0.29, 0.717) is 6.07 Å². The third-order valence-electron chi connectivity index (χ3n) is 2.10. The van der Waals surface area contributed by atoms with E-state index in [2.05, 4.69) is 9.72 Å². The number of carboxylic acids is 1. The van der Waals surface area contributed by atoms with Gasteiger partial charge in [0.1, 0.15) is 5.75 Å². The largest absolute Gasteiger partial charge is 0.573 e. The van der Waals surface area contributed by atoms with Crippen LogP contribution in [0.5, 0.6) is 5.75 Å². The first-order valence-electron chi connectivity index (χ1n) is 5.07. The van der Waals surface area contributed by atoms with E-state index in [1.165, 1.54) is 0 Å². The van der Waals surface area contributed by atoms with Crippen LogP contribution >= 0.6 is 11.6 Å². The van der Waals surface area contributed by atoms with Crippen molar-refractivity contribution in [3.63, 3.8) is 0 Å². The molecule has 0 saturated heterocycles. The highest BCUT2D eigenvalue weighted by Crippen LogP contribution is 2.37. The highest BCUT2D eigenvalue weighted by Gasteiger charge is 2.40. The predicted octanol–water partition coefficient (Wildman–Crippen LogP) is 3.36. The zero-order valence-corrected chi connectivity index (χ0v) is 10.6. The number of rotatable bonds is 4. The minimum atomic E-state index is -5.29. The zero-order chi connectivity index (χ0) is 16.4. The zero-order valence-electron chi connectivity index (χ0n) is 9.85. The molecule has 11 heteroatoms. The van der Waals surface area contributed by atoms with Gasteiger partial charge in [0.05, 0.1) is 18.0 Å². The van der Waals surface area contributed by atoms with Gasteiger partial charge in [0.25, 0.3) is 0 Å². The van der Waals surface area contributed by atoms with Crippen LogP contribution in [0.3, 0.4) is 0 Å². The lowest BCUT2D eigenvalue weighted by molar-refractivity contribution is -0.275. The Morgan fingerprint density at radius 2 is 1.86 bits per heavy atom. The molecule has 0 bridgehead atoms. The van der Waals surface area contributed by atoms with Gasteiger partial charge in [-0.05, 0) is 0 Å². The number of aromatic nitrogens is 1. The molecule has 4 nitrogen and oxygen atoms in total. The summed E-state index contributed by atoms with van der Waals surface area (Å²) in [7, 11) is 0. The molecule has 1 aromatic heterocycles. The van der Waals surface area contributed by atoms with Crippen LogP contribution in [0.1, 0.15) is 17.0 Å². The van der Waals surface area contributed by atoms with Gasteiger partial charge in [-0.3, -0.25) is 4.79 Å². The van der Waals surface area contributed by atoms with Crippen molar-refractivity contribution in [1.29, 1.82) is 0 Å². The number of carbonyl (C=O) groups is 1. The van der Waals surface area contributed by atoms with Gasteiger partial charge < -0.3 is 9.84 Å². The molecule has 0 amide bonds. The van der Waals surface area contributed by atoms with Crippen LogP contribution in [0.4, 0.5) is 26.3 Å². The van der Waals surface area contributed by atoms with Crippen LogP contribution in [0, 0.1) is 0 Å². The fraction of sp³-hybridized carbons (Fsp3) is 0.400. The van der Waals surface area contributed by atoms with Crippen molar-refractivity contribution < 1.29 is 41.0 Å². The second kappa shape index (κ2) is 5.96. The highest BCUT2D eigenvalue weighted by atomic mass is 35.5. The highest BCUT2D eigenvalue weighted by molar-refractivity contribution is 6.16. The van der Waals surface area contributed by atoms with Gasteiger partial charge in [-0.25, -0.2) is 4.98 Å². The van der Waals surface area contributed by atoms with Crippen molar-refractivity contribution >= 4 is 17.6 Å². The molecule has 0 radical (unpaired) electrons. The van der Waals surface area contributed by atoms with Crippen LogP contribution in [-0.2, 0) is 23.3 Å². The van der Waals surface area contributed by atoms with Gasteiger partial charge in [-0.1, -0.05) is 0 Å². The van der Waals surface area contributed by atoms with E-state index in [9.17, 15) is 31.1 Å². The van der Waals surface area contributed by atoms with Crippen molar-refractivity contribution in [3.05, 3.63) is 23.0 Å². The molecule has 1 aromatic rings. The number of halogens is 7. The quantitative estimate of drug-likeness (QED) is 0.676. The summed E-state index contributed by atoms with van der Waals surface area (Å²) in [5.41, 5.74) is -3.53. The Labute approximate surface area is 118 Å². The van der Waals surface area contributed by atoms with Gasteiger partial charge in [0, 0.05) is 11.6 Å². The molecule has 1 heterocycles. The predicted molar refractivity (Wildman–Crippen MR) is 56.8 cm³/mol. The molecular weight excluding hydrogens is 332 g/mol. The van der Waals surface area contributed by atoms with E-state index in [1.54, 1.807) is 0 Å². The standard InChI is InChI=1S/C10H6ClF6NO3/c11-3-4-1-6(21-10(15,16)17)5(2-7(19)20)8(18-4)9(12,13)14/h1H,2-3H2,(H,19,20). The average Bonchev–Trinajstić information content (AvgIpc) is 2.27. The van der Waals surface area contributed by atoms with Crippen molar-refractivity contribution in [1.82, 2.24) is 4.98 Å². The molecule has 0 aliphatic carbocycles. The first kappa shape index (κ1) is 17.3. The van der Waals surface area contributed by atoms with Crippen LogP contribution in [0.15, 0.2) is 6.07 Å². The van der Waals surface area contributed by atoms with E-state index in [1.807, 2.05) is 0 Å². The van der Waals surface area contributed by atoms with E-state index in [0.717, 1.165) is 0 Å². The summed E-state index contributed by atoms with van der Waals surface area (Å²) < 4.78 is 78.5. The second-order valence-corrected chi connectivity index (χ2v) is 3.96. The van der Waals surface area contributed by atoms with E-state index >= 15 is 0 Å². The van der Waals surface area contributed by atoms with Crippen LogP contribution in [0.2, 0.25) is 0 Å². The van der Waals surface area contributed by atoms with Gasteiger partial charge in [0.15, 0.2) is 5.69 Å². The summed E-state index contributed by atoms with van der Waals surface area (Å²) in [5, 5.41) is 8.55. The molecule has 0 aliphatic rings. The Morgan fingerprint density at radius 1 is 1.29 bits per heavy atom. The van der Waals surface area contributed by atoms with Crippen LogP contribution in [-0.4, -0.2) is 22.4 Å². The Balaban J connectivity index is 3.53. The second-order valence-electron chi connectivity index (χ2n) is 3.69. The van der Waals surface area contributed by atoms with Crippen LogP contribution in [0.25, 0.3) is 0 Å². The van der Waals surface area contributed by atoms with E-state index in [-0.39, 0.29) is 0 Å². The maximum atomic E-state index is 12.8. The number of ether oxygens (including phenoxy) is 1. The molecule has 1 rings (SSSR count). The van der Waals surface area contributed by atoms with E-state index < -0.39 is 53.5 Å². The molecule has 118 valence electrons. The molecule has 0 spiro atoms.